The van der Waals surface area contributed by atoms with Gasteiger partial charge in [0.15, 0.2) is 11.5 Å². The highest BCUT2D eigenvalue weighted by Crippen LogP contribution is 2.34. The smallest absolute Gasteiger partial charge is 0.435 e. The summed E-state index contributed by atoms with van der Waals surface area (Å²) in [5, 5.41) is 12.1. The minimum absolute atomic E-state index is 0.0221. The molecule has 1 atom stereocenters. The van der Waals surface area contributed by atoms with E-state index in [1.807, 2.05) is 4.90 Å². The summed E-state index contributed by atoms with van der Waals surface area (Å²) in [5.74, 6) is -0.754. The van der Waals surface area contributed by atoms with E-state index in [9.17, 15) is 24.3 Å². The van der Waals surface area contributed by atoms with Gasteiger partial charge in [-0.25, -0.2) is 4.79 Å². The lowest BCUT2D eigenvalue weighted by atomic mass is 10.0. The fourth-order valence-electron chi connectivity index (χ4n) is 4.23. The highest BCUT2D eigenvalue weighted by Gasteiger charge is 2.28. The Balaban J connectivity index is 1.33. The zero-order valence-corrected chi connectivity index (χ0v) is 21.3. The van der Waals surface area contributed by atoms with E-state index in [0.29, 0.717) is 35.7 Å². The standard InChI is InChI=1S/C26H29N5O8/c1-2-37-26(36)29-25(27)16-3-6-18(7-4-16)30-9-10-31(23(33)14-30)13-22(32)28-19(12-24(34)35)17-5-8-20-21(11-17)39-15-38-20/h3-8,11,19H,2,9-10,12-15H2,1H3,(H,28,32)(H,34,35)(H2,27,29,36). The van der Waals surface area contributed by atoms with E-state index in [1.54, 1.807) is 49.4 Å². The van der Waals surface area contributed by atoms with Gasteiger partial charge in [-0.2, -0.15) is 4.99 Å². The Hall–Kier alpha value is -4.81. The van der Waals surface area contributed by atoms with Crippen molar-refractivity contribution >= 4 is 35.4 Å². The van der Waals surface area contributed by atoms with Crippen LogP contribution >= 0.6 is 0 Å². The average Bonchev–Trinajstić information content (AvgIpc) is 3.37. The first kappa shape index (κ1) is 27.2. The maximum atomic E-state index is 12.8. The van der Waals surface area contributed by atoms with Gasteiger partial charge in [-0.15, -0.1) is 0 Å². The van der Waals surface area contributed by atoms with Crippen molar-refractivity contribution < 1.29 is 38.5 Å². The first-order chi connectivity index (χ1) is 18.7. The number of fused-ring (bicyclic) bond motifs is 1. The van der Waals surface area contributed by atoms with Crippen LogP contribution in [0.15, 0.2) is 47.5 Å². The van der Waals surface area contributed by atoms with E-state index in [2.05, 4.69) is 10.3 Å². The van der Waals surface area contributed by atoms with Crippen LogP contribution < -0.4 is 25.4 Å². The molecule has 0 saturated carbocycles. The Morgan fingerprint density at radius 1 is 1.13 bits per heavy atom. The molecule has 1 unspecified atom stereocenters. The molecule has 0 aliphatic carbocycles. The largest absolute Gasteiger partial charge is 0.481 e. The number of rotatable bonds is 9. The number of amides is 3. The van der Waals surface area contributed by atoms with Crippen molar-refractivity contribution in [2.24, 2.45) is 10.7 Å². The summed E-state index contributed by atoms with van der Waals surface area (Å²) in [4.78, 5) is 55.5. The Labute approximate surface area is 224 Å². The third-order valence-corrected chi connectivity index (χ3v) is 6.17. The number of carboxylic acids is 1. The molecule has 2 aliphatic rings. The molecular formula is C26H29N5O8. The second-order valence-corrected chi connectivity index (χ2v) is 8.81. The number of aliphatic carboxylic acids is 1. The number of nitrogens with two attached hydrogens (primary N) is 1. The molecular weight excluding hydrogens is 510 g/mol. The van der Waals surface area contributed by atoms with Crippen LogP contribution in [0.4, 0.5) is 10.5 Å². The molecule has 4 rings (SSSR count). The number of piperazine rings is 1. The molecule has 0 spiro atoms. The average molecular weight is 540 g/mol. The quantitative estimate of drug-likeness (QED) is 0.311. The fraction of sp³-hybridized carbons (Fsp3) is 0.346. The number of aliphatic imine (C=N–C) groups is 1. The predicted octanol–water partition coefficient (Wildman–Crippen LogP) is 1.26. The highest BCUT2D eigenvalue weighted by molar-refractivity contribution is 6.03. The van der Waals surface area contributed by atoms with E-state index in [0.717, 1.165) is 5.69 Å². The Kier molecular flexibility index (Phi) is 8.49. The number of hydrogen-bond donors (Lipinski definition) is 3. The van der Waals surface area contributed by atoms with Gasteiger partial charge in [0.1, 0.15) is 5.84 Å². The number of hydrogen-bond acceptors (Lipinski definition) is 8. The van der Waals surface area contributed by atoms with Crippen LogP contribution in [0.25, 0.3) is 0 Å². The molecule has 39 heavy (non-hydrogen) atoms. The van der Waals surface area contributed by atoms with Crippen LogP contribution in [0.1, 0.15) is 30.5 Å². The summed E-state index contributed by atoms with van der Waals surface area (Å²) >= 11 is 0. The number of carbonyl (C=O) groups is 4. The summed E-state index contributed by atoms with van der Waals surface area (Å²) in [6.07, 6.45) is -1.10. The van der Waals surface area contributed by atoms with Crippen molar-refractivity contribution in [3.8, 4) is 11.5 Å². The number of anilines is 1. The number of carbonyl (C=O) groups excluding carboxylic acids is 3. The Morgan fingerprint density at radius 3 is 2.56 bits per heavy atom. The van der Waals surface area contributed by atoms with Crippen LogP contribution in [-0.2, 0) is 19.1 Å². The molecule has 3 amide bonds. The minimum atomic E-state index is -1.08. The first-order valence-corrected chi connectivity index (χ1v) is 12.3. The maximum Gasteiger partial charge on any atom is 0.435 e. The summed E-state index contributed by atoms with van der Waals surface area (Å²) in [5.41, 5.74) is 7.72. The molecule has 0 aromatic heterocycles. The number of carboxylic acid groups (broad SMARTS) is 1. The zero-order valence-electron chi connectivity index (χ0n) is 21.3. The number of nitrogens with one attached hydrogen (secondary N) is 1. The molecule has 2 aromatic carbocycles. The van der Waals surface area contributed by atoms with Gasteiger partial charge in [0.05, 0.1) is 32.2 Å². The maximum absolute atomic E-state index is 12.8. The molecule has 1 fully saturated rings. The number of ether oxygens (including phenoxy) is 3. The molecule has 0 bridgehead atoms. The third-order valence-electron chi connectivity index (χ3n) is 6.17. The highest BCUT2D eigenvalue weighted by atomic mass is 16.7. The monoisotopic (exact) mass is 539 g/mol. The summed E-state index contributed by atoms with van der Waals surface area (Å²) in [6, 6.07) is 11.1. The molecule has 13 heteroatoms. The summed E-state index contributed by atoms with van der Waals surface area (Å²) in [7, 11) is 0. The molecule has 0 radical (unpaired) electrons. The minimum Gasteiger partial charge on any atom is -0.481 e. The lowest BCUT2D eigenvalue weighted by molar-refractivity contribution is -0.139. The van der Waals surface area contributed by atoms with Gasteiger partial charge in [-0.3, -0.25) is 14.4 Å². The van der Waals surface area contributed by atoms with Crippen LogP contribution in [0.5, 0.6) is 11.5 Å². The second kappa shape index (κ2) is 12.2. The number of nitrogens with zero attached hydrogens (tertiary/aromatic N) is 3. The van der Waals surface area contributed by atoms with E-state index in [-0.39, 0.29) is 44.7 Å². The summed E-state index contributed by atoms with van der Waals surface area (Å²) in [6.45, 7) is 2.57. The fourth-order valence-corrected chi connectivity index (χ4v) is 4.23. The van der Waals surface area contributed by atoms with E-state index in [1.165, 1.54) is 4.90 Å². The van der Waals surface area contributed by atoms with Crippen LogP contribution in [0, 0.1) is 0 Å². The second-order valence-electron chi connectivity index (χ2n) is 8.81. The molecule has 1 saturated heterocycles. The van der Waals surface area contributed by atoms with Crippen LogP contribution in [-0.4, -0.2) is 79.3 Å². The topological polar surface area (TPSA) is 173 Å². The predicted molar refractivity (Wildman–Crippen MR) is 139 cm³/mol. The van der Waals surface area contributed by atoms with Gasteiger partial charge in [-0.05, 0) is 48.9 Å². The lowest BCUT2D eigenvalue weighted by Crippen LogP contribution is -2.53. The van der Waals surface area contributed by atoms with Crippen molar-refractivity contribution in [2.75, 3.05) is 44.5 Å². The van der Waals surface area contributed by atoms with Gasteiger partial charge in [0, 0.05) is 24.3 Å². The third kappa shape index (κ3) is 6.94. The van der Waals surface area contributed by atoms with Gasteiger partial charge in [0.2, 0.25) is 18.6 Å². The van der Waals surface area contributed by atoms with Gasteiger partial charge >= 0.3 is 12.1 Å². The van der Waals surface area contributed by atoms with Crippen molar-refractivity contribution in [1.29, 1.82) is 0 Å². The van der Waals surface area contributed by atoms with Crippen molar-refractivity contribution in [1.82, 2.24) is 10.2 Å². The number of amidine groups is 1. The first-order valence-electron chi connectivity index (χ1n) is 12.3. The van der Waals surface area contributed by atoms with Crippen molar-refractivity contribution in [3.05, 3.63) is 53.6 Å². The van der Waals surface area contributed by atoms with E-state index in [4.69, 9.17) is 19.9 Å². The van der Waals surface area contributed by atoms with Gasteiger partial charge < -0.3 is 40.2 Å². The lowest BCUT2D eigenvalue weighted by Gasteiger charge is -2.35. The Morgan fingerprint density at radius 2 is 1.87 bits per heavy atom. The Bertz CT molecular complexity index is 1280. The van der Waals surface area contributed by atoms with Crippen LogP contribution in [0.2, 0.25) is 0 Å². The zero-order chi connectivity index (χ0) is 27.9. The summed E-state index contributed by atoms with van der Waals surface area (Å²) < 4.78 is 15.4. The normalized spacial score (nSPS) is 15.6. The van der Waals surface area contributed by atoms with E-state index < -0.39 is 24.0 Å². The molecule has 2 aromatic rings. The molecule has 13 nitrogen and oxygen atoms in total. The number of benzene rings is 2. The SMILES string of the molecule is CCOC(=O)/N=C(\N)c1ccc(N2CCN(CC(=O)NC(CC(=O)O)c3ccc4c(c3)OCO4)C(=O)C2)cc1. The molecule has 2 heterocycles. The van der Waals surface area contributed by atoms with Gasteiger partial charge in [0.25, 0.3) is 0 Å². The van der Waals surface area contributed by atoms with Crippen molar-refractivity contribution in [3.63, 3.8) is 0 Å². The van der Waals surface area contributed by atoms with E-state index >= 15 is 0 Å². The molecule has 2 aliphatic heterocycles. The molecule has 206 valence electrons. The van der Waals surface area contributed by atoms with Crippen LogP contribution in [0.3, 0.4) is 0 Å². The van der Waals surface area contributed by atoms with Gasteiger partial charge in [-0.1, -0.05) is 6.07 Å². The molecule has 4 N–H and O–H groups in total. The van der Waals surface area contributed by atoms with Crippen molar-refractivity contribution in [2.45, 2.75) is 19.4 Å².